The van der Waals surface area contributed by atoms with Crippen molar-refractivity contribution in [1.29, 1.82) is 0 Å². The van der Waals surface area contributed by atoms with Crippen LogP contribution < -0.4 is 4.90 Å². The summed E-state index contributed by atoms with van der Waals surface area (Å²) in [5, 5.41) is 13.7. The highest BCUT2D eigenvalue weighted by Crippen LogP contribution is 2.33. The number of likely N-dealkylation sites (tertiary alicyclic amines) is 1. The van der Waals surface area contributed by atoms with Gasteiger partial charge in [-0.1, -0.05) is 5.16 Å². The quantitative estimate of drug-likeness (QED) is 0.461. The van der Waals surface area contributed by atoms with Crippen molar-refractivity contribution >= 4 is 23.4 Å². The van der Waals surface area contributed by atoms with Gasteiger partial charge in [-0.25, -0.2) is 15.0 Å². The predicted molar refractivity (Wildman–Crippen MR) is 130 cm³/mol. The van der Waals surface area contributed by atoms with E-state index in [1.54, 1.807) is 31.6 Å². The smallest absolute Gasteiger partial charge is 0.316 e. The number of carboxylic acids is 1. The molecule has 1 N–H and O–H groups in total. The summed E-state index contributed by atoms with van der Waals surface area (Å²) >= 11 is 0. The zero-order valence-corrected chi connectivity index (χ0v) is 20.3. The first-order valence-electron chi connectivity index (χ1n) is 11.7. The number of aliphatic carboxylic acids is 1. The van der Waals surface area contributed by atoms with Gasteiger partial charge >= 0.3 is 5.97 Å². The number of aromatic nitrogens is 3. The highest BCUT2D eigenvalue weighted by Gasteiger charge is 2.48. The molecule has 0 bridgehead atoms. The van der Waals surface area contributed by atoms with Gasteiger partial charge in [-0.2, -0.15) is 0 Å². The predicted octanol–water partition coefficient (Wildman–Crippen LogP) is 1.37. The van der Waals surface area contributed by atoms with Crippen LogP contribution in [0.1, 0.15) is 20.3 Å². The third kappa shape index (κ3) is 5.09. The molecular formula is C24H31N7O4. The Morgan fingerprint density at radius 1 is 1.20 bits per heavy atom. The normalized spacial score (nSPS) is 23.4. The number of piperazine rings is 1. The van der Waals surface area contributed by atoms with E-state index in [0.717, 1.165) is 11.4 Å². The number of carboxylic acid groups (broad SMARTS) is 1. The second kappa shape index (κ2) is 10.3. The zero-order valence-electron chi connectivity index (χ0n) is 20.3. The van der Waals surface area contributed by atoms with Gasteiger partial charge in [0, 0.05) is 62.9 Å². The molecule has 2 aromatic rings. The van der Waals surface area contributed by atoms with E-state index in [1.807, 2.05) is 28.9 Å². The number of oxime groups is 1. The first-order chi connectivity index (χ1) is 16.8. The number of pyridine rings is 1. The van der Waals surface area contributed by atoms with Crippen LogP contribution in [0.2, 0.25) is 0 Å². The van der Waals surface area contributed by atoms with E-state index >= 15 is 0 Å². The van der Waals surface area contributed by atoms with Crippen LogP contribution in [0.3, 0.4) is 0 Å². The number of nitrogens with zero attached hydrogens (tertiary/aromatic N) is 7. The average molecular weight is 482 g/mol. The van der Waals surface area contributed by atoms with Crippen molar-refractivity contribution in [3.8, 4) is 11.4 Å². The van der Waals surface area contributed by atoms with Crippen LogP contribution in [0, 0.1) is 5.41 Å². The summed E-state index contributed by atoms with van der Waals surface area (Å²) in [6.07, 6.45) is 5.57. The van der Waals surface area contributed by atoms with Gasteiger partial charge in [-0.3, -0.25) is 14.5 Å². The molecule has 0 aromatic carbocycles. The molecular weight excluding hydrogens is 450 g/mol. The number of carbonyl (C=O) groups excluding carboxylic acids is 1. The lowest BCUT2D eigenvalue weighted by Crippen LogP contribution is -2.56. The molecule has 0 spiro atoms. The van der Waals surface area contributed by atoms with Crippen molar-refractivity contribution in [1.82, 2.24) is 24.8 Å². The summed E-state index contributed by atoms with van der Waals surface area (Å²) in [7, 11) is 1.40. The van der Waals surface area contributed by atoms with E-state index in [2.05, 4.69) is 25.0 Å². The summed E-state index contributed by atoms with van der Waals surface area (Å²) < 4.78 is 0. The molecule has 4 rings (SSSR count). The summed E-state index contributed by atoms with van der Waals surface area (Å²) in [6.45, 7) is 6.54. The van der Waals surface area contributed by atoms with Crippen molar-refractivity contribution in [2.45, 2.75) is 26.3 Å². The monoisotopic (exact) mass is 481 g/mol. The standard InChI is InChI=1S/C24H31N7O4/c1-17-14-30(20-6-5-19(13-27-20)22-25-8-4-9-26-22)11-12-31(17)21(32)15-29-10-7-24(16-29,23(33)34)18(2)28-35-3/h4-6,8-9,13,17H,7,10-12,14-16H2,1-3H3,(H,33,34). The molecule has 2 saturated heterocycles. The molecule has 2 aliphatic rings. The number of rotatable bonds is 7. The summed E-state index contributed by atoms with van der Waals surface area (Å²) in [5.41, 5.74) is 0.148. The molecule has 0 aliphatic carbocycles. The largest absolute Gasteiger partial charge is 0.481 e. The molecule has 1 amide bonds. The Labute approximate surface area is 204 Å². The van der Waals surface area contributed by atoms with Crippen LogP contribution >= 0.6 is 0 Å². The second-order valence-corrected chi connectivity index (χ2v) is 9.07. The molecule has 0 saturated carbocycles. The SMILES string of the molecule is CON=C(C)C1(C(=O)O)CCN(CC(=O)N2CCN(c3ccc(-c4ncccn4)cn3)CC2C)C1. The Hall–Kier alpha value is -3.60. The highest BCUT2D eigenvalue weighted by molar-refractivity contribution is 6.05. The second-order valence-electron chi connectivity index (χ2n) is 9.07. The Balaban J connectivity index is 1.35. The molecule has 0 radical (unpaired) electrons. The molecule has 4 heterocycles. The number of carbonyl (C=O) groups is 2. The molecule has 11 nitrogen and oxygen atoms in total. The molecule has 2 atom stereocenters. The maximum atomic E-state index is 13.1. The highest BCUT2D eigenvalue weighted by atomic mass is 16.6. The van der Waals surface area contributed by atoms with Crippen molar-refractivity contribution in [3.05, 3.63) is 36.8 Å². The minimum atomic E-state index is -1.12. The van der Waals surface area contributed by atoms with Crippen LogP contribution in [0.4, 0.5) is 5.82 Å². The van der Waals surface area contributed by atoms with Crippen LogP contribution in [-0.4, -0.2) is 99.9 Å². The number of hydrogen-bond acceptors (Lipinski definition) is 9. The van der Waals surface area contributed by atoms with Crippen LogP contribution in [-0.2, 0) is 14.4 Å². The van der Waals surface area contributed by atoms with Gasteiger partial charge in [0.1, 0.15) is 18.3 Å². The summed E-state index contributed by atoms with van der Waals surface area (Å²) in [5.74, 6) is 0.546. The fourth-order valence-electron chi connectivity index (χ4n) is 4.84. The van der Waals surface area contributed by atoms with E-state index in [0.29, 0.717) is 44.1 Å². The summed E-state index contributed by atoms with van der Waals surface area (Å²) in [6, 6.07) is 5.68. The maximum Gasteiger partial charge on any atom is 0.316 e. The summed E-state index contributed by atoms with van der Waals surface area (Å²) in [4.78, 5) is 49.0. The first kappa shape index (κ1) is 24.5. The van der Waals surface area contributed by atoms with Crippen LogP contribution in [0.5, 0.6) is 0 Å². The van der Waals surface area contributed by atoms with Crippen molar-refractivity contribution < 1.29 is 19.5 Å². The Bertz CT molecular complexity index is 1080. The topological polar surface area (TPSA) is 124 Å². The van der Waals surface area contributed by atoms with Crippen LogP contribution in [0.25, 0.3) is 11.4 Å². The number of anilines is 1. The first-order valence-corrected chi connectivity index (χ1v) is 11.7. The van der Waals surface area contributed by atoms with Crippen molar-refractivity contribution in [2.24, 2.45) is 10.6 Å². The minimum absolute atomic E-state index is 0.00110. The van der Waals surface area contributed by atoms with E-state index < -0.39 is 11.4 Å². The lowest BCUT2D eigenvalue weighted by atomic mass is 9.83. The van der Waals surface area contributed by atoms with Crippen molar-refractivity contribution in [3.63, 3.8) is 0 Å². The fraction of sp³-hybridized carbons (Fsp3) is 0.500. The van der Waals surface area contributed by atoms with E-state index in [9.17, 15) is 14.7 Å². The van der Waals surface area contributed by atoms with Gasteiger partial charge < -0.3 is 19.7 Å². The third-order valence-electron chi connectivity index (χ3n) is 6.88. The van der Waals surface area contributed by atoms with Gasteiger partial charge in [-0.05, 0) is 38.5 Å². The van der Waals surface area contributed by atoms with Crippen molar-refractivity contribution in [2.75, 3.05) is 51.3 Å². The van der Waals surface area contributed by atoms with Gasteiger partial charge in [0.05, 0.1) is 12.3 Å². The maximum absolute atomic E-state index is 13.1. The average Bonchev–Trinajstić information content (AvgIpc) is 3.30. The fourth-order valence-corrected chi connectivity index (χ4v) is 4.84. The third-order valence-corrected chi connectivity index (χ3v) is 6.88. The molecule has 2 aliphatic heterocycles. The van der Waals surface area contributed by atoms with Gasteiger partial charge in [-0.15, -0.1) is 0 Å². The Morgan fingerprint density at radius 3 is 2.60 bits per heavy atom. The molecule has 186 valence electrons. The lowest BCUT2D eigenvalue weighted by Gasteiger charge is -2.41. The molecule has 2 aromatic heterocycles. The van der Waals surface area contributed by atoms with E-state index in [1.165, 1.54) is 7.11 Å². The van der Waals surface area contributed by atoms with Gasteiger partial charge in [0.25, 0.3) is 0 Å². The van der Waals surface area contributed by atoms with Crippen LogP contribution in [0.15, 0.2) is 41.9 Å². The molecule has 35 heavy (non-hydrogen) atoms. The van der Waals surface area contributed by atoms with E-state index in [-0.39, 0.29) is 25.0 Å². The molecule has 2 unspecified atom stereocenters. The lowest BCUT2D eigenvalue weighted by molar-refractivity contribution is -0.144. The Morgan fingerprint density at radius 2 is 1.97 bits per heavy atom. The van der Waals surface area contributed by atoms with E-state index in [4.69, 9.17) is 4.84 Å². The molecule has 11 heteroatoms. The Kier molecular flexibility index (Phi) is 7.25. The minimum Gasteiger partial charge on any atom is -0.481 e. The van der Waals surface area contributed by atoms with Gasteiger partial charge in [0.2, 0.25) is 5.91 Å². The molecule has 2 fully saturated rings. The van der Waals surface area contributed by atoms with Gasteiger partial charge in [0.15, 0.2) is 5.82 Å². The number of amides is 1. The number of hydrogen-bond donors (Lipinski definition) is 1. The zero-order chi connectivity index (χ0) is 25.0.